The van der Waals surface area contributed by atoms with E-state index in [0.717, 1.165) is 0 Å². The molecule has 0 aliphatic carbocycles. The number of hydrogen-bond acceptors (Lipinski definition) is 8. The Bertz CT molecular complexity index is 707. The molecule has 20 heavy (non-hydrogen) atoms. The fraction of sp³-hybridized carbons (Fsp3) is 1.00. The molecule has 2 rings (SSSR count). The van der Waals surface area contributed by atoms with Crippen LogP contribution in [0.3, 0.4) is 0 Å². The molecule has 2 unspecified atom stereocenters. The Balaban J connectivity index is 2.40. The monoisotopic (exact) mass is 356 g/mol. The number of rotatable bonds is 2. The van der Waals surface area contributed by atoms with Crippen molar-refractivity contribution in [2.45, 2.75) is 29.3 Å². The summed E-state index contributed by atoms with van der Waals surface area (Å²) in [6.07, 6.45) is -1.52. The van der Waals surface area contributed by atoms with Gasteiger partial charge in [-0.15, -0.1) is 3.63 Å². The first-order valence-electron chi connectivity index (χ1n) is 5.32. The van der Waals surface area contributed by atoms with E-state index in [1.54, 1.807) is 0 Å². The molecule has 0 spiro atoms. The second-order valence-electron chi connectivity index (χ2n) is 4.37. The van der Waals surface area contributed by atoms with Crippen molar-refractivity contribution in [1.82, 2.24) is 0 Å². The summed E-state index contributed by atoms with van der Waals surface area (Å²) in [5, 5.41) is -4.88. The van der Waals surface area contributed by atoms with Crippen LogP contribution in [0.4, 0.5) is 8.78 Å². The fourth-order valence-electron chi connectivity index (χ4n) is 2.10. The molecule has 2 saturated heterocycles. The van der Waals surface area contributed by atoms with Crippen LogP contribution in [-0.4, -0.2) is 54.0 Å². The highest BCUT2D eigenvalue weighted by molar-refractivity contribution is 8.00. The van der Waals surface area contributed by atoms with Gasteiger partial charge in [0.1, 0.15) is 0 Å². The Morgan fingerprint density at radius 1 is 0.900 bits per heavy atom. The van der Waals surface area contributed by atoms with Crippen molar-refractivity contribution in [2.24, 2.45) is 0 Å². The Labute approximate surface area is 114 Å². The molecule has 0 aromatic carbocycles. The van der Waals surface area contributed by atoms with Crippen LogP contribution in [-0.2, 0) is 38.2 Å². The van der Waals surface area contributed by atoms with Gasteiger partial charge in [0.05, 0.1) is 12.4 Å². The van der Waals surface area contributed by atoms with Gasteiger partial charge >= 0.3 is 0 Å². The van der Waals surface area contributed by atoms with Crippen molar-refractivity contribution in [3.8, 4) is 0 Å². The molecule has 0 aromatic heterocycles. The topological polar surface area (TPSA) is 121 Å². The molecule has 2 atom stereocenters. The highest BCUT2D eigenvalue weighted by Crippen LogP contribution is 2.41. The van der Waals surface area contributed by atoms with E-state index in [-0.39, 0.29) is 0 Å². The van der Waals surface area contributed by atoms with Gasteiger partial charge in [-0.25, -0.2) is 8.78 Å². The minimum absolute atomic E-state index is 0.478. The Morgan fingerprint density at radius 3 is 1.90 bits per heavy atom. The van der Waals surface area contributed by atoms with Crippen molar-refractivity contribution in [2.75, 3.05) is 12.4 Å². The van der Waals surface area contributed by atoms with Gasteiger partial charge in [-0.2, -0.15) is 25.3 Å². The SMILES string of the molecule is O=S1(=O)CCC(C(F)(F)C2CCOS2(=O)=O)S(=O)(=O)O1. The lowest BCUT2D eigenvalue weighted by Gasteiger charge is -2.31. The molecule has 8 nitrogen and oxygen atoms in total. The second-order valence-corrected chi connectivity index (χ2v) is 9.78. The zero-order chi connectivity index (χ0) is 15.4. The van der Waals surface area contributed by atoms with Gasteiger partial charge in [0.2, 0.25) is 0 Å². The summed E-state index contributed by atoms with van der Waals surface area (Å²) in [6.45, 7) is -0.478. The van der Waals surface area contributed by atoms with E-state index in [1.807, 2.05) is 0 Å². The van der Waals surface area contributed by atoms with E-state index in [1.165, 1.54) is 0 Å². The maximum Gasteiger partial charge on any atom is 0.290 e. The van der Waals surface area contributed by atoms with Gasteiger partial charge in [0.15, 0.2) is 10.5 Å². The standard InChI is InChI=1S/C7H10F2O8S3/c8-7(9,5-1-3-16-19(5,12)13)6-2-4-18(10,11)17-20(6,14)15/h5-6H,1-4H2. The third kappa shape index (κ3) is 2.68. The molecule has 2 fully saturated rings. The van der Waals surface area contributed by atoms with E-state index in [0.29, 0.717) is 0 Å². The van der Waals surface area contributed by atoms with Gasteiger partial charge < -0.3 is 0 Å². The predicted octanol–water partition coefficient (Wildman–Crippen LogP) is -0.811. The first-order chi connectivity index (χ1) is 8.89. The Kier molecular flexibility index (Phi) is 3.65. The van der Waals surface area contributed by atoms with Gasteiger partial charge in [-0.1, -0.05) is 0 Å². The van der Waals surface area contributed by atoms with E-state index < -0.39 is 72.0 Å². The number of halogens is 2. The number of alkyl halides is 2. The molecule has 2 heterocycles. The Hall–Kier alpha value is -0.370. The number of hydrogen-bond donors (Lipinski definition) is 0. The molecular formula is C7H10F2O8S3. The van der Waals surface area contributed by atoms with Crippen molar-refractivity contribution < 1.29 is 41.8 Å². The molecule has 2 aliphatic heterocycles. The molecule has 118 valence electrons. The lowest BCUT2D eigenvalue weighted by atomic mass is 10.1. The Morgan fingerprint density at radius 2 is 1.45 bits per heavy atom. The van der Waals surface area contributed by atoms with Crippen LogP contribution in [0.25, 0.3) is 0 Å². The van der Waals surface area contributed by atoms with E-state index in [2.05, 4.69) is 7.81 Å². The quantitative estimate of drug-likeness (QED) is 0.589. The minimum Gasteiger partial charge on any atom is -0.270 e. The summed E-state index contributed by atoms with van der Waals surface area (Å²) >= 11 is 0. The summed E-state index contributed by atoms with van der Waals surface area (Å²) in [6, 6.07) is 0. The summed E-state index contributed by atoms with van der Waals surface area (Å²) in [5.41, 5.74) is 0. The van der Waals surface area contributed by atoms with Crippen molar-refractivity contribution in [3.63, 3.8) is 0 Å². The lowest BCUT2D eigenvalue weighted by Crippen LogP contribution is -2.53. The van der Waals surface area contributed by atoms with Crippen LogP contribution in [0, 0.1) is 0 Å². The smallest absolute Gasteiger partial charge is 0.270 e. The van der Waals surface area contributed by atoms with Gasteiger partial charge in [-0.3, -0.25) is 4.18 Å². The summed E-state index contributed by atoms with van der Waals surface area (Å²) in [5.74, 6) is -5.13. The van der Waals surface area contributed by atoms with Crippen LogP contribution in [0.5, 0.6) is 0 Å². The van der Waals surface area contributed by atoms with E-state index >= 15 is 0 Å². The van der Waals surface area contributed by atoms with Crippen molar-refractivity contribution >= 4 is 30.4 Å². The average molecular weight is 356 g/mol. The molecule has 0 N–H and O–H groups in total. The van der Waals surface area contributed by atoms with Crippen LogP contribution in [0.15, 0.2) is 0 Å². The molecule has 2 aliphatic rings. The highest BCUT2D eigenvalue weighted by atomic mass is 32.3. The maximum atomic E-state index is 14.1. The van der Waals surface area contributed by atoms with Crippen LogP contribution in [0.2, 0.25) is 0 Å². The van der Waals surface area contributed by atoms with E-state index in [4.69, 9.17) is 0 Å². The van der Waals surface area contributed by atoms with Crippen molar-refractivity contribution in [3.05, 3.63) is 0 Å². The first kappa shape index (κ1) is 16.0. The molecular weight excluding hydrogens is 346 g/mol. The normalized spacial score (nSPS) is 35.7. The third-order valence-corrected chi connectivity index (χ3v) is 8.32. The zero-order valence-corrected chi connectivity index (χ0v) is 12.2. The molecule has 0 aromatic rings. The van der Waals surface area contributed by atoms with Gasteiger partial charge in [0, 0.05) is 0 Å². The van der Waals surface area contributed by atoms with Gasteiger partial charge in [0.25, 0.3) is 36.3 Å². The first-order valence-corrected chi connectivity index (χ1v) is 9.84. The molecule has 0 radical (unpaired) electrons. The summed E-state index contributed by atoms with van der Waals surface area (Å²) < 4.78 is 104. The van der Waals surface area contributed by atoms with Crippen LogP contribution < -0.4 is 0 Å². The predicted molar refractivity (Wildman–Crippen MR) is 60.4 cm³/mol. The zero-order valence-electron chi connectivity index (χ0n) is 9.73. The van der Waals surface area contributed by atoms with Crippen LogP contribution >= 0.6 is 0 Å². The summed E-state index contributed by atoms with van der Waals surface area (Å²) in [4.78, 5) is 0. The average Bonchev–Trinajstić information content (AvgIpc) is 2.54. The van der Waals surface area contributed by atoms with Crippen LogP contribution in [0.1, 0.15) is 12.8 Å². The van der Waals surface area contributed by atoms with Gasteiger partial charge in [-0.05, 0) is 12.8 Å². The summed E-state index contributed by atoms with van der Waals surface area (Å²) in [7, 11) is -14.2. The van der Waals surface area contributed by atoms with E-state index in [9.17, 15) is 34.0 Å². The minimum atomic E-state index is -5.13. The maximum absolute atomic E-state index is 14.1. The second kappa shape index (κ2) is 4.56. The highest BCUT2D eigenvalue weighted by Gasteiger charge is 2.62. The lowest BCUT2D eigenvalue weighted by molar-refractivity contribution is -0.0104. The fourth-order valence-corrected chi connectivity index (χ4v) is 7.05. The third-order valence-electron chi connectivity index (χ3n) is 3.01. The molecule has 0 saturated carbocycles. The molecule has 0 amide bonds. The largest absolute Gasteiger partial charge is 0.290 e. The molecule has 0 bridgehead atoms. The van der Waals surface area contributed by atoms with Crippen molar-refractivity contribution in [1.29, 1.82) is 0 Å². The molecule has 13 heteroatoms.